The second kappa shape index (κ2) is 5.61. The van der Waals surface area contributed by atoms with Crippen molar-refractivity contribution in [3.63, 3.8) is 0 Å². The van der Waals surface area contributed by atoms with E-state index in [-0.39, 0.29) is 6.04 Å². The van der Waals surface area contributed by atoms with Crippen LogP contribution in [0.1, 0.15) is 30.1 Å². The van der Waals surface area contributed by atoms with Crippen molar-refractivity contribution in [1.29, 1.82) is 0 Å². The first kappa shape index (κ1) is 15.3. The predicted molar refractivity (Wildman–Crippen MR) is 101 cm³/mol. The number of nitrogens with one attached hydrogen (secondary N) is 1. The second-order valence-electron chi connectivity index (χ2n) is 6.98. The van der Waals surface area contributed by atoms with Gasteiger partial charge in [0.1, 0.15) is 12.4 Å². The lowest BCUT2D eigenvalue weighted by Gasteiger charge is -2.40. The number of benzene rings is 1. The summed E-state index contributed by atoms with van der Waals surface area (Å²) in [4.78, 5) is 8.87. The third-order valence-electron chi connectivity index (χ3n) is 5.43. The van der Waals surface area contributed by atoms with Gasteiger partial charge in [0.05, 0.1) is 24.1 Å². The van der Waals surface area contributed by atoms with Gasteiger partial charge in [-0.05, 0) is 36.7 Å². The minimum atomic E-state index is 0.263. The largest absolute Gasteiger partial charge is 0.309 e. The molecule has 1 aromatic carbocycles. The molecule has 2 aromatic rings. The molecule has 1 saturated heterocycles. The van der Waals surface area contributed by atoms with Gasteiger partial charge in [-0.15, -0.1) is 9.89 Å². The molecule has 4 aliphatic rings. The summed E-state index contributed by atoms with van der Waals surface area (Å²) in [5, 5.41) is 16.2. The van der Waals surface area contributed by atoms with E-state index in [4.69, 9.17) is 16.8 Å². The van der Waals surface area contributed by atoms with Crippen LogP contribution in [0.3, 0.4) is 0 Å². The molecule has 9 nitrogen and oxygen atoms in total. The molecule has 0 bridgehead atoms. The molecule has 138 valence electrons. The van der Waals surface area contributed by atoms with Gasteiger partial charge < -0.3 is 10.2 Å². The van der Waals surface area contributed by atoms with E-state index in [1.165, 1.54) is 0 Å². The highest BCUT2D eigenvalue weighted by Crippen LogP contribution is 2.39. The third kappa shape index (κ3) is 2.12. The molecule has 0 radical (unpaired) electrons. The zero-order valence-corrected chi connectivity index (χ0v) is 15.3. The van der Waals surface area contributed by atoms with E-state index in [1.807, 2.05) is 34.4 Å². The molecule has 1 atom stereocenters. The smallest absolute Gasteiger partial charge is 0.162 e. The molecule has 0 amide bonds. The fourth-order valence-corrected chi connectivity index (χ4v) is 4.43. The zero-order chi connectivity index (χ0) is 18.0. The third-order valence-corrected chi connectivity index (χ3v) is 5.64. The van der Waals surface area contributed by atoms with Gasteiger partial charge in [-0.2, -0.15) is 10.1 Å². The van der Waals surface area contributed by atoms with Crippen molar-refractivity contribution in [2.75, 3.05) is 29.9 Å². The number of hydrogen-bond acceptors (Lipinski definition) is 8. The lowest BCUT2D eigenvalue weighted by atomic mass is 10.1. The van der Waals surface area contributed by atoms with E-state index >= 15 is 0 Å². The number of rotatable bonds is 2. The van der Waals surface area contributed by atoms with Crippen LogP contribution in [-0.2, 0) is 0 Å². The van der Waals surface area contributed by atoms with Gasteiger partial charge in [0.2, 0.25) is 0 Å². The Morgan fingerprint density at radius 2 is 2.15 bits per heavy atom. The van der Waals surface area contributed by atoms with Crippen LogP contribution < -0.4 is 15.3 Å². The Kier molecular flexibility index (Phi) is 3.18. The van der Waals surface area contributed by atoms with Crippen molar-refractivity contribution < 1.29 is 0 Å². The van der Waals surface area contributed by atoms with E-state index in [9.17, 15) is 0 Å². The Labute approximate surface area is 161 Å². The van der Waals surface area contributed by atoms with Gasteiger partial charge in [-0.3, -0.25) is 4.42 Å². The number of nitrogens with zero attached hydrogens (tertiary/aromatic N) is 8. The first-order valence-electron chi connectivity index (χ1n) is 9.09. The van der Waals surface area contributed by atoms with E-state index in [1.54, 1.807) is 4.42 Å². The molecule has 10 heteroatoms. The van der Waals surface area contributed by atoms with E-state index in [0.29, 0.717) is 13.3 Å². The Hall–Kier alpha value is -2.78. The fourth-order valence-electron chi connectivity index (χ4n) is 4.23. The van der Waals surface area contributed by atoms with Gasteiger partial charge in [0.25, 0.3) is 0 Å². The average molecular weight is 384 g/mol. The van der Waals surface area contributed by atoms with Crippen LogP contribution in [-0.4, -0.2) is 50.2 Å². The fraction of sp³-hybridized carbons (Fsp3) is 0.353. The maximum absolute atomic E-state index is 6.34. The summed E-state index contributed by atoms with van der Waals surface area (Å²) < 4.78 is 1.66. The lowest BCUT2D eigenvalue weighted by molar-refractivity contribution is 0.331. The van der Waals surface area contributed by atoms with Crippen LogP contribution in [0.4, 0.5) is 5.69 Å². The summed E-state index contributed by atoms with van der Waals surface area (Å²) in [7, 11) is 0. The number of amidine groups is 1. The van der Waals surface area contributed by atoms with Gasteiger partial charge in [0, 0.05) is 17.3 Å². The van der Waals surface area contributed by atoms with Gasteiger partial charge in [-0.1, -0.05) is 12.1 Å². The second-order valence-corrected chi connectivity index (χ2v) is 7.41. The van der Waals surface area contributed by atoms with Gasteiger partial charge in [-0.25, -0.2) is 4.99 Å². The first-order chi connectivity index (χ1) is 13.3. The Morgan fingerprint density at radius 3 is 3.04 bits per heavy atom. The molecule has 1 aromatic heterocycles. The molecule has 6 rings (SSSR count). The molecule has 1 unspecified atom stereocenters. The molecule has 27 heavy (non-hydrogen) atoms. The van der Waals surface area contributed by atoms with Crippen molar-refractivity contribution in [2.45, 2.75) is 18.9 Å². The summed E-state index contributed by atoms with van der Waals surface area (Å²) in [5.74, 6) is 1.86. The number of para-hydroxylation sites is 1. The van der Waals surface area contributed by atoms with Gasteiger partial charge in [0.15, 0.2) is 18.3 Å². The van der Waals surface area contributed by atoms with Crippen LogP contribution in [0.2, 0.25) is 0 Å². The topological polar surface area (TPSA) is 68.1 Å². The molecular weight excluding hydrogens is 366 g/mol. The van der Waals surface area contributed by atoms with Crippen LogP contribution in [0.25, 0.3) is 0 Å². The molecule has 0 spiro atoms. The number of anilines is 1. The van der Waals surface area contributed by atoms with Gasteiger partial charge >= 0.3 is 0 Å². The average Bonchev–Trinajstić information content (AvgIpc) is 3.44. The number of fused-ring (bicyclic) bond motifs is 6. The number of aliphatic imine (C=N–C) groups is 1. The number of hydrazine groups is 1. The quantitative estimate of drug-likeness (QED) is 0.784. The highest BCUT2D eigenvalue weighted by Gasteiger charge is 2.43. The summed E-state index contributed by atoms with van der Waals surface area (Å²) in [5.41, 5.74) is 3.25. The molecular formula is C17H18ClN9. The molecule has 0 saturated carbocycles. The molecule has 0 aliphatic carbocycles. The van der Waals surface area contributed by atoms with E-state index < -0.39 is 0 Å². The maximum Gasteiger partial charge on any atom is 0.162 e. The van der Waals surface area contributed by atoms with E-state index in [0.717, 1.165) is 48.0 Å². The van der Waals surface area contributed by atoms with Crippen LogP contribution in [0.5, 0.6) is 0 Å². The standard InChI is InChI=1S/C17H18ClN9/c18-23-9-16-24(11-23)14-6-2-1-4-12(14)17-20-10-25(26(16)17)27-15(8-21-22-27)13-5-3-7-19-13/h1-2,4,6,8-9,13,19H,3,5,7,10-11H2. The highest BCUT2D eigenvalue weighted by atomic mass is 35.5. The van der Waals surface area contributed by atoms with Crippen LogP contribution in [0, 0.1) is 0 Å². The molecule has 1 fully saturated rings. The normalized spacial score (nSPS) is 23.4. The van der Waals surface area contributed by atoms with Crippen molar-refractivity contribution in [3.05, 3.63) is 53.7 Å². The van der Waals surface area contributed by atoms with Crippen molar-refractivity contribution in [2.24, 2.45) is 4.99 Å². The molecule has 4 aliphatic heterocycles. The first-order valence-corrected chi connectivity index (χ1v) is 9.42. The zero-order valence-electron chi connectivity index (χ0n) is 14.5. The summed E-state index contributed by atoms with van der Waals surface area (Å²) in [6, 6.07) is 8.54. The minimum Gasteiger partial charge on any atom is -0.309 e. The maximum atomic E-state index is 6.34. The van der Waals surface area contributed by atoms with Crippen molar-refractivity contribution in [1.82, 2.24) is 29.8 Å². The number of hydrogen-bond donors (Lipinski definition) is 1. The lowest BCUT2D eigenvalue weighted by Crippen LogP contribution is -2.54. The number of aromatic nitrogens is 3. The monoisotopic (exact) mass is 383 g/mol. The molecule has 5 heterocycles. The van der Waals surface area contributed by atoms with Crippen LogP contribution >= 0.6 is 11.8 Å². The summed E-state index contributed by atoms with van der Waals surface area (Å²) in [6.07, 6.45) is 6.01. The summed E-state index contributed by atoms with van der Waals surface area (Å²) >= 11 is 6.34. The van der Waals surface area contributed by atoms with E-state index in [2.05, 4.69) is 37.7 Å². The SMILES string of the molecule is ClN1C=C2N(C1)c1ccccc1C1=NCN(n3nncc3C3CCCN3)N21. The van der Waals surface area contributed by atoms with Crippen LogP contribution in [0.15, 0.2) is 47.5 Å². The van der Waals surface area contributed by atoms with Crippen molar-refractivity contribution in [3.8, 4) is 0 Å². The minimum absolute atomic E-state index is 0.263. The Morgan fingerprint density at radius 1 is 1.22 bits per heavy atom. The molecule has 1 N–H and O–H groups in total. The van der Waals surface area contributed by atoms with Crippen molar-refractivity contribution >= 4 is 23.3 Å². The summed E-state index contributed by atoms with van der Waals surface area (Å²) in [6.45, 7) is 2.08. The Balaban J connectivity index is 1.46. The number of halogens is 1. The Bertz CT molecular complexity index is 961. The predicted octanol–water partition coefficient (Wildman–Crippen LogP) is 1.32. The highest BCUT2D eigenvalue weighted by molar-refractivity contribution is 6.15.